The predicted octanol–water partition coefficient (Wildman–Crippen LogP) is 0.892. The number of benzene rings is 1. The lowest BCUT2D eigenvalue weighted by Crippen LogP contribution is -2.36. The molecule has 1 unspecified atom stereocenters. The van der Waals surface area contributed by atoms with Crippen molar-refractivity contribution in [1.82, 2.24) is 14.8 Å². The fourth-order valence-electron chi connectivity index (χ4n) is 2.47. The lowest BCUT2D eigenvalue weighted by Gasteiger charge is -2.21. The number of aromatic nitrogens is 3. The minimum absolute atomic E-state index is 0.0324. The predicted molar refractivity (Wildman–Crippen MR) is 84.9 cm³/mol. The number of carbonyl (C=O) groups is 2. The molecule has 9 heteroatoms. The van der Waals surface area contributed by atoms with Crippen molar-refractivity contribution in [3.05, 3.63) is 24.5 Å². The summed E-state index contributed by atoms with van der Waals surface area (Å²) in [5, 5.41) is 9.38. The van der Waals surface area contributed by atoms with E-state index >= 15 is 0 Å². The first kappa shape index (κ1) is 15.8. The average molecular weight is 331 g/mol. The van der Waals surface area contributed by atoms with Crippen LogP contribution in [0.25, 0.3) is 0 Å². The monoisotopic (exact) mass is 331 g/mol. The summed E-state index contributed by atoms with van der Waals surface area (Å²) in [6.07, 6.45) is 1.39. The van der Waals surface area contributed by atoms with Gasteiger partial charge in [-0.15, -0.1) is 0 Å². The van der Waals surface area contributed by atoms with E-state index in [9.17, 15) is 9.59 Å². The summed E-state index contributed by atoms with van der Waals surface area (Å²) in [4.78, 5) is 28.2. The Hall–Kier alpha value is -3.10. The summed E-state index contributed by atoms with van der Waals surface area (Å²) in [6.45, 7) is 0.315. The van der Waals surface area contributed by atoms with Gasteiger partial charge in [-0.2, -0.15) is 10.1 Å². The van der Waals surface area contributed by atoms with Gasteiger partial charge in [-0.1, -0.05) is 0 Å². The molecule has 126 valence electrons. The minimum Gasteiger partial charge on any atom is -0.497 e. The lowest BCUT2D eigenvalue weighted by molar-refractivity contribution is -0.125. The van der Waals surface area contributed by atoms with Crippen LogP contribution >= 0.6 is 0 Å². The van der Waals surface area contributed by atoms with Crippen LogP contribution in [0.5, 0.6) is 11.5 Å². The van der Waals surface area contributed by atoms with Crippen LogP contribution in [0.4, 0.5) is 11.6 Å². The van der Waals surface area contributed by atoms with Crippen LogP contribution in [0, 0.1) is 5.92 Å². The normalized spacial score (nSPS) is 16.1. The van der Waals surface area contributed by atoms with E-state index in [1.54, 1.807) is 22.9 Å². The third-order valence-corrected chi connectivity index (χ3v) is 3.68. The molecule has 0 fully saturated rings. The number of rotatable bonds is 5. The van der Waals surface area contributed by atoms with Crippen molar-refractivity contribution in [3.8, 4) is 11.5 Å². The molecule has 2 N–H and O–H groups in total. The number of anilines is 2. The summed E-state index contributed by atoms with van der Waals surface area (Å²) in [7, 11) is 3.06. The second kappa shape index (κ2) is 6.57. The second-order valence-electron chi connectivity index (χ2n) is 5.31. The zero-order chi connectivity index (χ0) is 17.1. The maximum absolute atomic E-state index is 12.3. The molecule has 1 aromatic heterocycles. The number of methoxy groups -OCH3 is 2. The Morgan fingerprint density at radius 3 is 2.71 bits per heavy atom. The molecule has 3 rings (SSSR count). The molecule has 1 atom stereocenters. The van der Waals surface area contributed by atoms with Gasteiger partial charge < -0.3 is 14.8 Å². The summed E-state index contributed by atoms with van der Waals surface area (Å²) in [5.41, 5.74) is 0.536. The van der Waals surface area contributed by atoms with Crippen LogP contribution in [0.3, 0.4) is 0 Å². The smallest absolute Gasteiger partial charge is 0.232 e. The number of nitrogens with zero attached hydrogens (tertiary/aromatic N) is 3. The van der Waals surface area contributed by atoms with Gasteiger partial charge in [0.1, 0.15) is 17.8 Å². The van der Waals surface area contributed by atoms with Crippen LogP contribution in [0.15, 0.2) is 24.5 Å². The molecule has 0 radical (unpaired) electrons. The van der Waals surface area contributed by atoms with E-state index in [0.717, 1.165) is 0 Å². The molecule has 1 aliphatic rings. The summed E-state index contributed by atoms with van der Waals surface area (Å²) in [5.74, 6) is 0.489. The van der Waals surface area contributed by atoms with Gasteiger partial charge in [0, 0.05) is 30.3 Å². The molecule has 1 aliphatic heterocycles. The maximum atomic E-state index is 12.3. The molecule has 24 heavy (non-hydrogen) atoms. The van der Waals surface area contributed by atoms with Gasteiger partial charge in [0.2, 0.25) is 17.8 Å². The molecule has 2 aromatic rings. The number of ether oxygens (including phenoxy) is 2. The highest BCUT2D eigenvalue weighted by molar-refractivity contribution is 5.98. The number of hydrogen-bond donors (Lipinski definition) is 2. The number of fused-ring (bicyclic) bond motifs is 1. The summed E-state index contributed by atoms with van der Waals surface area (Å²) >= 11 is 0. The maximum Gasteiger partial charge on any atom is 0.232 e. The van der Waals surface area contributed by atoms with Crippen molar-refractivity contribution in [2.75, 3.05) is 24.9 Å². The van der Waals surface area contributed by atoms with E-state index in [1.165, 1.54) is 20.5 Å². The molecular formula is C15H17N5O4. The van der Waals surface area contributed by atoms with Gasteiger partial charge in [-0.3, -0.25) is 14.9 Å². The molecule has 0 bridgehead atoms. The van der Waals surface area contributed by atoms with Crippen molar-refractivity contribution in [3.63, 3.8) is 0 Å². The fourth-order valence-corrected chi connectivity index (χ4v) is 2.47. The Bertz CT molecular complexity index is 751. The van der Waals surface area contributed by atoms with E-state index in [-0.39, 0.29) is 18.2 Å². The van der Waals surface area contributed by atoms with Gasteiger partial charge in [0.15, 0.2) is 0 Å². The van der Waals surface area contributed by atoms with Crippen molar-refractivity contribution in [2.24, 2.45) is 5.92 Å². The number of nitrogens with one attached hydrogen (secondary N) is 2. The first-order chi connectivity index (χ1) is 11.6. The number of amides is 2. The molecule has 2 heterocycles. The first-order valence-electron chi connectivity index (χ1n) is 7.30. The van der Waals surface area contributed by atoms with E-state index in [2.05, 4.69) is 20.7 Å². The third kappa shape index (κ3) is 3.29. The van der Waals surface area contributed by atoms with E-state index in [0.29, 0.717) is 29.7 Å². The Balaban J connectivity index is 1.67. The van der Waals surface area contributed by atoms with Gasteiger partial charge >= 0.3 is 0 Å². The fraction of sp³-hybridized carbons (Fsp3) is 0.333. The minimum atomic E-state index is -0.508. The van der Waals surface area contributed by atoms with E-state index in [4.69, 9.17) is 9.47 Å². The number of carbonyl (C=O) groups excluding carboxylic acids is 2. The first-order valence-corrected chi connectivity index (χ1v) is 7.30. The summed E-state index contributed by atoms with van der Waals surface area (Å²) in [6, 6.07) is 5.06. The van der Waals surface area contributed by atoms with Crippen molar-refractivity contribution < 1.29 is 19.1 Å². The topological polar surface area (TPSA) is 107 Å². The molecular weight excluding hydrogens is 314 g/mol. The highest BCUT2D eigenvalue weighted by atomic mass is 16.5. The van der Waals surface area contributed by atoms with Crippen LogP contribution in [-0.2, 0) is 16.1 Å². The Morgan fingerprint density at radius 1 is 1.33 bits per heavy atom. The van der Waals surface area contributed by atoms with E-state index < -0.39 is 5.92 Å². The zero-order valence-electron chi connectivity index (χ0n) is 13.3. The van der Waals surface area contributed by atoms with Gasteiger partial charge in [-0.05, 0) is 0 Å². The van der Waals surface area contributed by atoms with Crippen LogP contribution in [-0.4, -0.2) is 40.8 Å². The van der Waals surface area contributed by atoms with Gasteiger partial charge in [0.05, 0.1) is 26.7 Å². The Morgan fingerprint density at radius 2 is 2.04 bits per heavy atom. The van der Waals surface area contributed by atoms with Gasteiger partial charge in [-0.25, -0.2) is 4.68 Å². The largest absolute Gasteiger partial charge is 0.497 e. The Kier molecular flexibility index (Phi) is 4.32. The van der Waals surface area contributed by atoms with Crippen molar-refractivity contribution >= 4 is 23.5 Å². The third-order valence-electron chi connectivity index (χ3n) is 3.68. The quantitative estimate of drug-likeness (QED) is 0.842. The molecule has 0 aliphatic carbocycles. The molecule has 0 spiro atoms. The number of hydrogen-bond acceptors (Lipinski definition) is 6. The highest BCUT2D eigenvalue weighted by Crippen LogP contribution is 2.26. The zero-order valence-corrected chi connectivity index (χ0v) is 13.3. The van der Waals surface area contributed by atoms with E-state index in [1.807, 2.05) is 0 Å². The standard InChI is InChI=1S/C15H17N5O4/c1-23-11-4-10(5-12(6-11)24-2)18-13(21)3-9-7-20-15(16-8-17-20)19-14(9)22/h4-6,8-9H,3,7H2,1-2H3,(H,18,21)(H,16,17,19,22). The molecule has 0 saturated carbocycles. The van der Waals surface area contributed by atoms with Crippen molar-refractivity contribution in [2.45, 2.75) is 13.0 Å². The second-order valence-corrected chi connectivity index (χ2v) is 5.31. The average Bonchev–Trinajstić information content (AvgIpc) is 3.01. The lowest BCUT2D eigenvalue weighted by atomic mass is 10.0. The summed E-state index contributed by atoms with van der Waals surface area (Å²) < 4.78 is 11.9. The molecule has 1 aromatic carbocycles. The van der Waals surface area contributed by atoms with Crippen LogP contribution < -0.4 is 20.1 Å². The SMILES string of the molecule is COc1cc(NC(=O)CC2Cn3ncnc3NC2=O)cc(OC)c1. The van der Waals surface area contributed by atoms with Crippen LogP contribution in [0.1, 0.15) is 6.42 Å². The van der Waals surface area contributed by atoms with Crippen LogP contribution in [0.2, 0.25) is 0 Å². The Labute approximate surface area is 138 Å². The molecule has 2 amide bonds. The van der Waals surface area contributed by atoms with Gasteiger partial charge in [0.25, 0.3) is 0 Å². The highest BCUT2D eigenvalue weighted by Gasteiger charge is 2.29. The molecule has 9 nitrogen and oxygen atoms in total. The molecule has 0 saturated heterocycles. The van der Waals surface area contributed by atoms with Crippen molar-refractivity contribution in [1.29, 1.82) is 0 Å².